The number of H-pyrrole nitrogens is 1. The molecular weight excluding hydrogens is 436 g/mol. The summed E-state index contributed by atoms with van der Waals surface area (Å²) in [5.41, 5.74) is -0.241. The summed E-state index contributed by atoms with van der Waals surface area (Å²) in [6.45, 7) is 2.61. The molecule has 1 aromatic heterocycles. The second kappa shape index (κ2) is 9.27. The smallest absolute Gasteiger partial charge is 0.328 e. The van der Waals surface area contributed by atoms with Crippen molar-refractivity contribution in [2.24, 2.45) is 17.8 Å². The lowest BCUT2D eigenvalue weighted by Gasteiger charge is -2.37. The first-order valence-corrected chi connectivity index (χ1v) is 12.3. The van der Waals surface area contributed by atoms with Crippen molar-refractivity contribution in [2.75, 3.05) is 33.3 Å². The third-order valence-corrected chi connectivity index (χ3v) is 7.63. The molecule has 2 aromatic rings. The van der Waals surface area contributed by atoms with Crippen LogP contribution in [-0.4, -0.2) is 64.5 Å². The lowest BCUT2D eigenvalue weighted by atomic mass is 9.81. The van der Waals surface area contributed by atoms with E-state index in [1.54, 1.807) is 23.1 Å². The number of hydrogen-bond donors (Lipinski definition) is 1. The maximum atomic E-state index is 13.1. The number of nitrogens with zero attached hydrogens (tertiary/aromatic N) is 3. The van der Waals surface area contributed by atoms with Gasteiger partial charge in [0.05, 0.1) is 24.6 Å². The average Bonchev–Trinajstić information content (AvgIpc) is 3.67. The van der Waals surface area contributed by atoms with E-state index < -0.39 is 5.69 Å². The molecule has 2 saturated carbocycles. The number of rotatable bonds is 6. The Balaban J connectivity index is 1.19. The third kappa shape index (κ3) is 4.60. The Morgan fingerprint density at radius 1 is 1.00 bits per heavy atom. The van der Waals surface area contributed by atoms with Gasteiger partial charge in [-0.1, -0.05) is 0 Å². The van der Waals surface area contributed by atoms with Crippen LogP contribution in [0.1, 0.15) is 38.5 Å². The summed E-state index contributed by atoms with van der Waals surface area (Å²) >= 11 is 0. The molecule has 1 aliphatic heterocycles. The number of aromatic nitrogens is 2. The predicted octanol–water partition coefficient (Wildman–Crippen LogP) is 1.59. The fourth-order valence-corrected chi connectivity index (χ4v) is 5.33. The molecule has 9 heteroatoms. The van der Waals surface area contributed by atoms with Crippen LogP contribution in [0.15, 0.2) is 27.8 Å². The van der Waals surface area contributed by atoms with Crippen molar-refractivity contribution < 1.29 is 14.3 Å². The first kappa shape index (κ1) is 22.7. The summed E-state index contributed by atoms with van der Waals surface area (Å²) in [6.07, 6.45) is 5.40. The molecule has 3 aliphatic rings. The lowest BCUT2D eigenvalue weighted by Crippen LogP contribution is -2.54. The van der Waals surface area contributed by atoms with Crippen molar-refractivity contribution in [1.82, 2.24) is 19.4 Å². The molecule has 34 heavy (non-hydrogen) atoms. The Morgan fingerprint density at radius 3 is 2.38 bits per heavy atom. The highest BCUT2D eigenvalue weighted by Crippen LogP contribution is 2.32. The number of carbonyl (C=O) groups is 2. The monoisotopic (exact) mass is 468 g/mol. The van der Waals surface area contributed by atoms with Gasteiger partial charge < -0.3 is 19.5 Å². The maximum Gasteiger partial charge on any atom is 0.328 e. The second-order valence-corrected chi connectivity index (χ2v) is 10.0. The molecule has 1 N–H and O–H groups in total. The van der Waals surface area contributed by atoms with Crippen molar-refractivity contribution in [3.8, 4) is 5.75 Å². The van der Waals surface area contributed by atoms with E-state index in [0.717, 1.165) is 19.4 Å². The van der Waals surface area contributed by atoms with Crippen LogP contribution in [0.5, 0.6) is 5.75 Å². The van der Waals surface area contributed by atoms with E-state index >= 15 is 0 Å². The summed E-state index contributed by atoms with van der Waals surface area (Å²) in [5, 5.41) is 0.424. The molecule has 0 radical (unpaired) electrons. The van der Waals surface area contributed by atoms with E-state index in [1.807, 2.05) is 4.90 Å². The Bertz CT molecular complexity index is 1210. The standard InChI is InChI=1S/C25H32N4O5/c1-34-19-8-9-21-20(12-19)24(32)29(25(33)26-21)14-17-4-6-18(7-5-17)23(31)28-11-10-27(22(30)15-28)13-16-2-3-16/h8-9,12,16-18H,2-7,10-11,13-15H2,1H3,(H,26,33)/t17-,18-. The van der Waals surface area contributed by atoms with Crippen molar-refractivity contribution in [3.63, 3.8) is 0 Å². The van der Waals surface area contributed by atoms with Gasteiger partial charge in [-0.25, -0.2) is 4.79 Å². The number of ether oxygens (including phenoxy) is 1. The minimum Gasteiger partial charge on any atom is -0.497 e. The van der Waals surface area contributed by atoms with Crippen LogP contribution in [0.2, 0.25) is 0 Å². The first-order valence-electron chi connectivity index (χ1n) is 12.3. The van der Waals surface area contributed by atoms with E-state index in [-0.39, 0.29) is 35.8 Å². The van der Waals surface area contributed by atoms with Gasteiger partial charge in [-0.2, -0.15) is 0 Å². The van der Waals surface area contributed by atoms with Crippen LogP contribution >= 0.6 is 0 Å². The summed E-state index contributed by atoms with van der Waals surface area (Å²) in [7, 11) is 1.54. The van der Waals surface area contributed by atoms with Crippen molar-refractivity contribution in [3.05, 3.63) is 39.0 Å². The molecular formula is C25H32N4O5. The normalized spacial score (nSPS) is 23.4. The Kier molecular flexibility index (Phi) is 6.18. The van der Waals surface area contributed by atoms with Gasteiger partial charge in [0.2, 0.25) is 11.8 Å². The average molecular weight is 469 g/mol. The van der Waals surface area contributed by atoms with Gasteiger partial charge >= 0.3 is 5.69 Å². The zero-order valence-corrected chi connectivity index (χ0v) is 19.6. The number of carbonyl (C=O) groups excluding carboxylic acids is 2. The van der Waals surface area contributed by atoms with Gasteiger partial charge in [0.25, 0.3) is 5.56 Å². The van der Waals surface area contributed by atoms with Crippen molar-refractivity contribution in [1.29, 1.82) is 0 Å². The highest BCUT2D eigenvalue weighted by atomic mass is 16.5. The third-order valence-electron chi connectivity index (χ3n) is 7.63. The minimum absolute atomic E-state index is 0.0618. The molecule has 0 atom stereocenters. The van der Waals surface area contributed by atoms with E-state index in [2.05, 4.69) is 4.98 Å². The predicted molar refractivity (Wildman–Crippen MR) is 127 cm³/mol. The summed E-state index contributed by atoms with van der Waals surface area (Å²) in [4.78, 5) is 57.5. The number of benzene rings is 1. The number of fused-ring (bicyclic) bond motifs is 1. The van der Waals surface area contributed by atoms with Gasteiger partial charge in [-0.05, 0) is 68.6 Å². The van der Waals surface area contributed by atoms with Gasteiger partial charge in [-0.3, -0.25) is 19.0 Å². The van der Waals surface area contributed by atoms with Gasteiger partial charge in [0.15, 0.2) is 0 Å². The second-order valence-electron chi connectivity index (χ2n) is 10.0. The van der Waals surface area contributed by atoms with E-state index in [9.17, 15) is 19.2 Å². The highest BCUT2D eigenvalue weighted by molar-refractivity contribution is 5.87. The Hall–Kier alpha value is -3.10. The van der Waals surface area contributed by atoms with E-state index in [4.69, 9.17) is 4.74 Å². The molecule has 9 nitrogen and oxygen atoms in total. The van der Waals surface area contributed by atoms with Crippen LogP contribution in [0.25, 0.3) is 10.9 Å². The molecule has 0 spiro atoms. The maximum absolute atomic E-state index is 13.1. The van der Waals surface area contributed by atoms with Crippen LogP contribution in [0, 0.1) is 17.8 Å². The topological polar surface area (TPSA) is 105 Å². The van der Waals surface area contributed by atoms with E-state index in [0.29, 0.717) is 55.0 Å². The van der Waals surface area contributed by atoms with Gasteiger partial charge in [0.1, 0.15) is 5.75 Å². The first-order chi connectivity index (χ1) is 16.4. The molecule has 2 heterocycles. The zero-order chi connectivity index (χ0) is 23.8. The summed E-state index contributed by atoms with van der Waals surface area (Å²) in [6, 6.07) is 5.03. The van der Waals surface area contributed by atoms with E-state index in [1.165, 1.54) is 24.5 Å². The fraction of sp³-hybridized carbons (Fsp3) is 0.600. The number of methoxy groups -OCH3 is 1. The minimum atomic E-state index is -0.413. The van der Waals surface area contributed by atoms with Crippen LogP contribution < -0.4 is 16.0 Å². The van der Waals surface area contributed by atoms with Crippen molar-refractivity contribution >= 4 is 22.7 Å². The number of piperazine rings is 1. The quantitative estimate of drug-likeness (QED) is 0.693. The molecule has 1 saturated heterocycles. The van der Waals surface area contributed by atoms with Crippen LogP contribution in [0.3, 0.4) is 0 Å². The van der Waals surface area contributed by atoms with Crippen molar-refractivity contribution in [2.45, 2.75) is 45.1 Å². The number of nitrogens with one attached hydrogen (secondary N) is 1. The SMILES string of the molecule is COc1ccc2[nH]c(=O)n(C[C@H]3CC[C@H](C(=O)N4CCN(CC5CC5)C(=O)C4)CC3)c(=O)c2c1. The Morgan fingerprint density at radius 2 is 1.71 bits per heavy atom. The molecule has 5 rings (SSSR count). The molecule has 0 unspecified atom stereocenters. The van der Waals surface area contributed by atoms with Crippen LogP contribution in [0.4, 0.5) is 0 Å². The zero-order valence-electron chi connectivity index (χ0n) is 19.6. The Labute approximate surface area is 197 Å². The molecule has 1 aromatic carbocycles. The summed E-state index contributed by atoms with van der Waals surface area (Å²) < 4.78 is 6.48. The largest absolute Gasteiger partial charge is 0.497 e. The lowest BCUT2D eigenvalue weighted by molar-refractivity contribution is -0.148. The van der Waals surface area contributed by atoms with Gasteiger partial charge in [0, 0.05) is 32.1 Å². The number of aromatic amines is 1. The molecule has 2 amide bonds. The number of amides is 2. The molecule has 2 aliphatic carbocycles. The number of hydrogen-bond acceptors (Lipinski definition) is 5. The molecule has 3 fully saturated rings. The van der Waals surface area contributed by atoms with Gasteiger partial charge in [-0.15, -0.1) is 0 Å². The van der Waals surface area contributed by atoms with Crippen LogP contribution in [-0.2, 0) is 16.1 Å². The molecule has 0 bridgehead atoms. The molecule has 182 valence electrons. The highest BCUT2D eigenvalue weighted by Gasteiger charge is 2.35. The fourth-order valence-electron chi connectivity index (χ4n) is 5.33. The summed E-state index contributed by atoms with van der Waals surface area (Å²) in [5.74, 6) is 1.43.